The minimum Gasteiger partial charge on any atom is -0.496 e. The first kappa shape index (κ1) is 12.1. The molecule has 0 aliphatic carbocycles. The maximum absolute atomic E-state index is 13.7. The van der Waals surface area contributed by atoms with Crippen LogP contribution in [0.3, 0.4) is 0 Å². The zero-order valence-corrected chi connectivity index (χ0v) is 9.96. The van der Waals surface area contributed by atoms with Gasteiger partial charge in [-0.2, -0.15) is 0 Å². The number of methoxy groups -OCH3 is 2. The maximum atomic E-state index is 13.7. The molecule has 0 aromatic heterocycles. The molecule has 1 aromatic carbocycles. The summed E-state index contributed by atoms with van der Waals surface area (Å²) in [4.78, 5) is 0. The van der Waals surface area contributed by atoms with E-state index in [2.05, 4.69) is 5.32 Å². The van der Waals surface area contributed by atoms with E-state index in [1.807, 2.05) is 0 Å². The third-order valence-electron chi connectivity index (χ3n) is 2.80. The zero-order chi connectivity index (χ0) is 12.3. The van der Waals surface area contributed by atoms with Crippen molar-refractivity contribution in [3.05, 3.63) is 23.5 Å². The minimum atomic E-state index is -0.393. The SMILES string of the molecule is COc1ccc(F)c(OC)c1C1COCCN1. The molecule has 1 atom stereocenters. The largest absolute Gasteiger partial charge is 0.496 e. The minimum absolute atomic E-state index is 0.107. The van der Waals surface area contributed by atoms with Gasteiger partial charge >= 0.3 is 0 Å². The van der Waals surface area contributed by atoms with E-state index < -0.39 is 5.82 Å². The normalized spacial score (nSPS) is 20.1. The lowest BCUT2D eigenvalue weighted by Crippen LogP contribution is -2.35. The standard InChI is InChI=1S/C12H16FNO3/c1-15-10-4-3-8(13)12(16-2)11(10)9-7-17-6-5-14-9/h3-4,9,14H,5-7H2,1-2H3. The van der Waals surface area contributed by atoms with Crippen molar-refractivity contribution in [3.8, 4) is 11.5 Å². The summed E-state index contributed by atoms with van der Waals surface area (Å²) in [5, 5.41) is 3.26. The summed E-state index contributed by atoms with van der Waals surface area (Å²) in [7, 11) is 3.00. The van der Waals surface area contributed by atoms with Crippen LogP contribution in [0, 0.1) is 5.82 Å². The lowest BCUT2D eigenvalue weighted by molar-refractivity contribution is 0.0750. The Hall–Kier alpha value is -1.33. The summed E-state index contributed by atoms with van der Waals surface area (Å²) in [5.41, 5.74) is 0.676. The molecule has 1 heterocycles. The molecular formula is C12H16FNO3. The quantitative estimate of drug-likeness (QED) is 0.870. The fraction of sp³-hybridized carbons (Fsp3) is 0.500. The van der Waals surface area contributed by atoms with Crippen LogP contribution in [0.25, 0.3) is 0 Å². The van der Waals surface area contributed by atoms with E-state index >= 15 is 0 Å². The summed E-state index contributed by atoms with van der Waals surface area (Å²) in [6, 6.07) is 2.83. The summed E-state index contributed by atoms with van der Waals surface area (Å²) >= 11 is 0. The highest BCUT2D eigenvalue weighted by molar-refractivity contribution is 5.48. The van der Waals surface area contributed by atoms with E-state index in [0.717, 1.165) is 6.54 Å². The fourth-order valence-corrected chi connectivity index (χ4v) is 2.02. The van der Waals surface area contributed by atoms with Crippen molar-refractivity contribution in [2.75, 3.05) is 34.0 Å². The molecule has 17 heavy (non-hydrogen) atoms. The number of hydrogen-bond acceptors (Lipinski definition) is 4. The second kappa shape index (κ2) is 5.33. The van der Waals surface area contributed by atoms with Crippen LogP contribution < -0.4 is 14.8 Å². The molecule has 1 unspecified atom stereocenters. The average molecular weight is 241 g/mol. The molecule has 1 aliphatic rings. The van der Waals surface area contributed by atoms with E-state index in [1.165, 1.54) is 13.2 Å². The number of morpholine rings is 1. The van der Waals surface area contributed by atoms with Gasteiger partial charge in [-0.05, 0) is 12.1 Å². The van der Waals surface area contributed by atoms with Gasteiger partial charge in [0.05, 0.1) is 39.0 Å². The molecule has 1 fully saturated rings. The summed E-state index contributed by atoms with van der Waals surface area (Å²) in [6.45, 7) is 1.88. The van der Waals surface area contributed by atoms with Crippen LogP contribution in [0.4, 0.5) is 4.39 Å². The number of halogens is 1. The van der Waals surface area contributed by atoms with Crippen molar-refractivity contribution in [1.29, 1.82) is 0 Å². The lowest BCUT2D eigenvalue weighted by Gasteiger charge is -2.27. The molecule has 5 heteroatoms. The van der Waals surface area contributed by atoms with E-state index in [9.17, 15) is 4.39 Å². The van der Waals surface area contributed by atoms with Gasteiger partial charge in [0.1, 0.15) is 5.75 Å². The van der Waals surface area contributed by atoms with Crippen LogP contribution in [0.1, 0.15) is 11.6 Å². The van der Waals surface area contributed by atoms with Crippen molar-refractivity contribution in [3.63, 3.8) is 0 Å². The van der Waals surface area contributed by atoms with Gasteiger partial charge < -0.3 is 19.5 Å². The van der Waals surface area contributed by atoms with Crippen molar-refractivity contribution < 1.29 is 18.6 Å². The summed E-state index contributed by atoms with van der Waals surface area (Å²) in [6.07, 6.45) is 0. The molecule has 0 bridgehead atoms. The predicted molar refractivity (Wildman–Crippen MR) is 61.1 cm³/mol. The Kier molecular flexibility index (Phi) is 3.81. The van der Waals surface area contributed by atoms with Crippen LogP contribution in [-0.2, 0) is 4.74 Å². The second-order valence-corrected chi connectivity index (χ2v) is 3.78. The van der Waals surface area contributed by atoms with Crippen LogP contribution in [0.15, 0.2) is 12.1 Å². The highest BCUT2D eigenvalue weighted by atomic mass is 19.1. The van der Waals surface area contributed by atoms with Crippen molar-refractivity contribution in [2.45, 2.75) is 6.04 Å². The highest BCUT2D eigenvalue weighted by Crippen LogP contribution is 2.36. The number of benzene rings is 1. The van der Waals surface area contributed by atoms with Gasteiger partial charge in [-0.25, -0.2) is 4.39 Å². The first-order valence-electron chi connectivity index (χ1n) is 5.49. The smallest absolute Gasteiger partial charge is 0.165 e. The lowest BCUT2D eigenvalue weighted by atomic mass is 10.0. The van der Waals surface area contributed by atoms with Gasteiger partial charge in [0.25, 0.3) is 0 Å². The Bertz CT molecular complexity index is 392. The van der Waals surface area contributed by atoms with E-state index in [0.29, 0.717) is 24.5 Å². The van der Waals surface area contributed by atoms with E-state index in [-0.39, 0.29) is 11.8 Å². The van der Waals surface area contributed by atoms with Crippen LogP contribution in [0.5, 0.6) is 11.5 Å². The molecule has 94 valence electrons. The van der Waals surface area contributed by atoms with Crippen molar-refractivity contribution >= 4 is 0 Å². The van der Waals surface area contributed by atoms with Gasteiger partial charge in [-0.15, -0.1) is 0 Å². The molecular weight excluding hydrogens is 225 g/mol. The Morgan fingerprint density at radius 2 is 2.18 bits per heavy atom. The Balaban J connectivity index is 2.43. The van der Waals surface area contributed by atoms with Gasteiger partial charge in [0, 0.05) is 6.54 Å². The Labute approximate surface area is 99.7 Å². The topological polar surface area (TPSA) is 39.7 Å². The van der Waals surface area contributed by atoms with E-state index in [1.54, 1.807) is 13.2 Å². The molecule has 0 spiro atoms. The van der Waals surface area contributed by atoms with Crippen LogP contribution >= 0.6 is 0 Å². The molecule has 0 amide bonds. The maximum Gasteiger partial charge on any atom is 0.165 e. The van der Waals surface area contributed by atoms with Crippen LogP contribution in [0.2, 0.25) is 0 Å². The van der Waals surface area contributed by atoms with Crippen LogP contribution in [-0.4, -0.2) is 34.0 Å². The third-order valence-corrected chi connectivity index (χ3v) is 2.80. The molecule has 1 saturated heterocycles. The second-order valence-electron chi connectivity index (χ2n) is 3.78. The summed E-state index contributed by atoms with van der Waals surface area (Å²) < 4.78 is 29.4. The predicted octanol–water partition coefficient (Wildman–Crippen LogP) is 1.50. The van der Waals surface area contributed by atoms with E-state index in [4.69, 9.17) is 14.2 Å². The van der Waals surface area contributed by atoms with Crippen molar-refractivity contribution in [1.82, 2.24) is 5.32 Å². The summed E-state index contributed by atoms with van der Waals surface area (Å²) in [5.74, 6) is 0.425. The fourth-order valence-electron chi connectivity index (χ4n) is 2.02. The van der Waals surface area contributed by atoms with Gasteiger partial charge in [-0.1, -0.05) is 0 Å². The Morgan fingerprint density at radius 1 is 1.35 bits per heavy atom. The number of rotatable bonds is 3. The highest BCUT2D eigenvalue weighted by Gasteiger charge is 2.25. The molecule has 1 N–H and O–H groups in total. The number of hydrogen-bond donors (Lipinski definition) is 1. The van der Waals surface area contributed by atoms with Crippen molar-refractivity contribution in [2.24, 2.45) is 0 Å². The first-order valence-corrected chi connectivity index (χ1v) is 5.49. The average Bonchev–Trinajstić information content (AvgIpc) is 2.39. The molecule has 1 aromatic rings. The van der Waals surface area contributed by atoms with Gasteiger partial charge in [0.2, 0.25) is 0 Å². The van der Waals surface area contributed by atoms with Gasteiger partial charge in [-0.3, -0.25) is 0 Å². The molecule has 0 saturated carbocycles. The first-order chi connectivity index (χ1) is 8.27. The number of nitrogens with one attached hydrogen (secondary N) is 1. The number of ether oxygens (including phenoxy) is 3. The third kappa shape index (κ3) is 2.35. The molecule has 0 radical (unpaired) electrons. The van der Waals surface area contributed by atoms with Gasteiger partial charge in [0.15, 0.2) is 11.6 Å². The molecule has 2 rings (SSSR count). The monoisotopic (exact) mass is 241 g/mol. The Morgan fingerprint density at radius 3 is 2.76 bits per heavy atom. The molecule has 4 nitrogen and oxygen atoms in total. The molecule has 1 aliphatic heterocycles. The zero-order valence-electron chi connectivity index (χ0n) is 9.96.